The molecule has 1 amide bonds. The summed E-state index contributed by atoms with van der Waals surface area (Å²) in [4.78, 5) is 13.3. The molecule has 88 heavy (non-hydrogen) atoms. The summed E-state index contributed by atoms with van der Waals surface area (Å²) in [6, 6.07) is -1.17. The molecule has 9 atom stereocenters. The summed E-state index contributed by atoms with van der Waals surface area (Å²) in [5.74, 6) is -0.685. The van der Waals surface area contributed by atoms with Crippen LogP contribution < -0.4 is 5.32 Å². The van der Waals surface area contributed by atoms with Crippen LogP contribution in [0.3, 0.4) is 0 Å². The standard InChI is InChI=1S/C77H153NO10/c1-3-5-7-9-11-13-15-17-19-21-23-25-27-29-31-32-33-34-35-36-37-39-41-43-45-47-49-51-53-55-57-59-61-63-65-70(81)76(86)78-68(67-87-77-75(85)74(84)73(83)71(66-79)88-77)72(82)69(80)64-62-60-58-56-54-52-50-48-46-44-42-40-38-30-28-26-24-22-20-18-16-14-12-10-8-6-4-2/h68-75,77,79-85H,3-67H2,1-2H3,(H,78,86). The maximum atomic E-state index is 13.3. The van der Waals surface area contributed by atoms with Crippen LogP contribution in [0.5, 0.6) is 0 Å². The van der Waals surface area contributed by atoms with Gasteiger partial charge in [-0.3, -0.25) is 4.79 Å². The number of carbonyl (C=O) groups excluding carboxylic acids is 1. The number of hydrogen-bond acceptors (Lipinski definition) is 10. The first kappa shape index (κ1) is 85.1. The lowest BCUT2D eigenvalue weighted by atomic mass is 9.98. The van der Waals surface area contributed by atoms with Crippen molar-refractivity contribution in [3.05, 3.63) is 0 Å². The van der Waals surface area contributed by atoms with Gasteiger partial charge in [-0.05, 0) is 12.8 Å². The van der Waals surface area contributed by atoms with Crippen molar-refractivity contribution in [2.24, 2.45) is 0 Å². The zero-order valence-corrected chi connectivity index (χ0v) is 58.5. The van der Waals surface area contributed by atoms with Crippen LogP contribution in [0.2, 0.25) is 0 Å². The Balaban J connectivity index is 2.12. The Hall–Kier alpha value is -0.890. The van der Waals surface area contributed by atoms with E-state index in [1.54, 1.807) is 0 Å². The van der Waals surface area contributed by atoms with Crippen LogP contribution >= 0.6 is 0 Å². The third-order valence-electron chi connectivity index (χ3n) is 19.7. The van der Waals surface area contributed by atoms with E-state index >= 15 is 0 Å². The van der Waals surface area contributed by atoms with Gasteiger partial charge in [0.1, 0.15) is 36.6 Å². The topological polar surface area (TPSA) is 189 Å². The van der Waals surface area contributed by atoms with Gasteiger partial charge >= 0.3 is 0 Å². The fourth-order valence-corrected chi connectivity index (χ4v) is 13.4. The van der Waals surface area contributed by atoms with Crippen molar-refractivity contribution in [3.63, 3.8) is 0 Å². The van der Waals surface area contributed by atoms with Crippen LogP contribution in [0.1, 0.15) is 418 Å². The first-order valence-corrected chi connectivity index (χ1v) is 39.4. The highest BCUT2D eigenvalue weighted by Crippen LogP contribution is 2.25. The quantitative estimate of drug-likeness (QED) is 0.0272. The van der Waals surface area contributed by atoms with E-state index in [1.807, 2.05) is 0 Å². The Bertz CT molecular complexity index is 1390. The molecule has 1 saturated heterocycles. The predicted octanol–water partition coefficient (Wildman–Crippen LogP) is 20.0. The van der Waals surface area contributed by atoms with Crippen molar-refractivity contribution in [1.29, 1.82) is 0 Å². The van der Waals surface area contributed by atoms with Gasteiger partial charge in [0, 0.05) is 0 Å². The molecule has 0 radical (unpaired) electrons. The summed E-state index contributed by atoms with van der Waals surface area (Å²) < 4.78 is 11.2. The molecule has 526 valence electrons. The normalized spacial score (nSPS) is 18.5. The Kier molecular flexibility index (Phi) is 64.0. The minimum Gasteiger partial charge on any atom is -0.394 e. The molecule has 0 spiro atoms. The SMILES string of the molecule is CCCCCCCCCCCCCCCCCCCCCCCCCCCCCCCCCCCCC(O)C(=O)NC(COC1OC(CO)C(O)C(O)C1O)C(O)C(O)CCCCCCCCCCCCCCCCCCCCCCCCCCCCC. The fraction of sp³-hybridized carbons (Fsp3) is 0.987. The monoisotopic (exact) mass is 1250 g/mol. The van der Waals surface area contributed by atoms with Crippen LogP contribution in [0.25, 0.3) is 0 Å². The molecule has 1 aliphatic heterocycles. The van der Waals surface area contributed by atoms with Gasteiger partial charge < -0.3 is 50.5 Å². The number of carbonyl (C=O) groups is 1. The van der Waals surface area contributed by atoms with Crippen LogP contribution in [0.15, 0.2) is 0 Å². The maximum Gasteiger partial charge on any atom is 0.249 e. The van der Waals surface area contributed by atoms with Crippen molar-refractivity contribution >= 4 is 5.91 Å². The molecule has 0 aliphatic carbocycles. The lowest BCUT2D eigenvalue weighted by Crippen LogP contribution is -2.60. The lowest BCUT2D eigenvalue weighted by molar-refractivity contribution is -0.303. The minimum absolute atomic E-state index is 0.268. The van der Waals surface area contributed by atoms with Gasteiger partial charge in [-0.15, -0.1) is 0 Å². The molecule has 1 heterocycles. The molecular formula is C77H153NO10. The summed E-state index contributed by atoms with van der Waals surface area (Å²) in [7, 11) is 0. The van der Waals surface area contributed by atoms with Gasteiger partial charge in [-0.1, -0.05) is 406 Å². The molecule has 9 unspecified atom stereocenters. The van der Waals surface area contributed by atoms with E-state index in [0.717, 1.165) is 38.5 Å². The van der Waals surface area contributed by atoms with Gasteiger partial charge in [-0.2, -0.15) is 0 Å². The smallest absolute Gasteiger partial charge is 0.249 e. The molecule has 0 aromatic carbocycles. The summed E-state index contributed by atoms with van der Waals surface area (Å²) in [5.41, 5.74) is 0. The van der Waals surface area contributed by atoms with Crippen molar-refractivity contribution in [1.82, 2.24) is 5.32 Å². The molecule has 11 heteroatoms. The van der Waals surface area contributed by atoms with Gasteiger partial charge in [0.25, 0.3) is 0 Å². The van der Waals surface area contributed by atoms with Crippen LogP contribution in [-0.4, -0.2) is 110 Å². The summed E-state index contributed by atoms with van der Waals surface area (Å²) in [5, 5.41) is 76.7. The molecule has 11 nitrogen and oxygen atoms in total. The summed E-state index contributed by atoms with van der Waals surface area (Å²) in [6.07, 6.45) is 70.7. The summed E-state index contributed by atoms with van der Waals surface area (Å²) in [6.45, 7) is 3.54. The molecule has 1 fully saturated rings. The van der Waals surface area contributed by atoms with Crippen LogP contribution in [0.4, 0.5) is 0 Å². The number of aliphatic hydroxyl groups excluding tert-OH is 7. The predicted molar refractivity (Wildman–Crippen MR) is 372 cm³/mol. The first-order valence-electron chi connectivity index (χ1n) is 39.4. The van der Waals surface area contributed by atoms with Gasteiger partial charge in [0.15, 0.2) is 6.29 Å². The van der Waals surface area contributed by atoms with Crippen LogP contribution in [0, 0.1) is 0 Å². The van der Waals surface area contributed by atoms with E-state index in [9.17, 15) is 40.5 Å². The highest BCUT2D eigenvalue weighted by molar-refractivity contribution is 5.80. The van der Waals surface area contributed by atoms with Gasteiger partial charge in [0.2, 0.25) is 5.91 Å². The van der Waals surface area contributed by atoms with E-state index < -0.39 is 74.2 Å². The first-order chi connectivity index (χ1) is 43.2. The van der Waals surface area contributed by atoms with E-state index in [4.69, 9.17) is 9.47 Å². The van der Waals surface area contributed by atoms with E-state index in [1.165, 1.54) is 340 Å². The number of unbranched alkanes of at least 4 members (excludes halogenated alkanes) is 59. The third-order valence-corrected chi connectivity index (χ3v) is 19.7. The number of nitrogens with one attached hydrogen (secondary N) is 1. The Morgan fingerprint density at radius 1 is 0.352 bits per heavy atom. The Morgan fingerprint density at radius 3 is 0.841 bits per heavy atom. The molecule has 8 N–H and O–H groups in total. The number of aliphatic hydroxyl groups is 7. The minimum atomic E-state index is -1.66. The molecule has 1 aliphatic rings. The lowest BCUT2D eigenvalue weighted by Gasteiger charge is -2.40. The zero-order chi connectivity index (χ0) is 63.9. The number of hydrogen-bond donors (Lipinski definition) is 8. The molecule has 0 aromatic rings. The molecule has 0 saturated carbocycles. The average Bonchev–Trinajstić information content (AvgIpc) is 3.61. The number of amides is 1. The van der Waals surface area contributed by atoms with Gasteiger partial charge in [-0.25, -0.2) is 0 Å². The number of rotatable bonds is 71. The van der Waals surface area contributed by atoms with Crippen molar-refractivity contribution in [2.75, 3.05) is 13.2 Å². The maximum absolute atomic E-state index is 13.3. The second-order valence-corrected chi connectivity index (χ2v) is 28.2. The second-order valence-electron chi connectivity index (χ2n) is 28.2. The van der Waals surface area contributed by atoms with Crippen LogP contribution in [-0.2, 0) is 14.3 Å². The zero-order valence-electron chi connectivity index (χ0n) is 58.5. The molecule has 0 bridgehead atoms. The Morgan fingerprint density at radius 2 is 0.591 bits per heavy atom. The highest BCUT2D eigenvalue weighted by atomic mass is 16.7. The van der Waals surface area contributed by atoms with E-state index in [2.05, 4.69) is 19.2 Å². The largest absolute Gasteiger partial charge is 0.394 e. The fourth-order valence-electron chi connectivity index (χ4n) is 13.4. The number of ether oxygens (including phenoxy) is 2. The van der Waals surface area contributed by atoms with Gasteiger partial charge in [0.05, 0.1) is 25.4 Å². The molecule has 1 rings (SSSR count). The molecule has 0 aromatic heterocycles. The summed E-state index contributed by atoms with van der Waals surface area (Å²) >= 11 is 0. The third kappa shape index (κ3) is 52.5. The second kappa shape index (κ2) is 66.1. The Labute approximate surface area is 545 Å². The average molecular weight is 1250 g/mol. The molecular weight excluding hydrogens is 1100 g/mol. The van der Waals surface area contributed by atoms with E-state index in [-0.39, 0.29) is 6.42 Å². The van der Waals surface area contributed by atoms with Crippen molar-refractivity contribution in [2.45, 2.75) is 473 Å². The van der Waals surface area contributed by atoms with E-state index in [0.29, 0.717) is 19.3 Å². The highest BCUT2D eigenvalue weighted by Gasteiger charge is 2.44. The van der Waals surface area contributed by atoms with Crippen molar-refractivity contribution < 1.29 is 50.0 Å². The van der Waals surface area contributed by atoms with Crippen molar-refractivity contribution in [3.8, 4) is 0 Å².